The summed E-state index contributed by atoms with van der Waals surface area (Å²) in [5.41, 5.74) is -0.337. The van der Waals surface area contributed by atoms with E-state index in [1.54, 1.807) is 14.0 Å². The van der Waals surface area contributed by atoms with Crippen molar-refractivity contribution in [2.45, 2.75) is 45.1 Å². The van der Waals surface area contributed by atoms with Crippen molar-refractivity contribution < 1.29 is 14.6 Å². The normalized spacial score (nSPS) is 15.3. The Kier molecular flexibility index (Phi) is 4.87. The average Bonchev–Trinajstić information content (AvgIpc) is 2.51. The number of ketones is 1. The van der Waals surface area contributed by atoms with Crippen LogP contribution in [0.5, 0.6) is 5.75 Å². The summed E-state index contributed by atoms with van der Waals surface area (Å²) in [5, 5.41) is 12.8. The van der Waals surface area contributed by atoms with Gasteiger partial charge in [0, 0.05) is 5.92 Å². The molecule has 0 heterocycles. The van der Waals surface area contributed by atoms with E-state index in [2.05, 4.69) is 13.0 Å². The van der Waals surface area contributed by atoms with Gasteiger partial charge in [-0.05, 0) is 48.7 Å². The van der Waals surface area contributed by atoms with Crippen LogP contribution in [0, 0.1) is 0 Å². The van der Waals surface area contributed by atoms with E-state index in [0.29, 0.717) is 0 Å². The molecule has 0 amide bonds. The Bertz CT molecular complexity index is 673. The Balaban J connectivity index is 2.48. The molecule has 0 bridgehead atoms. The first-order chi connectivity index (χ1) is 10.4. The van der Waals surface area contributed by atoms with E-state index < -0.39 is 5.60 Å². The van der Waals surface area contributed by atoms with Gasteiger partial charge in [-0.1, -0.05) is 37.6 Å². The number of hydrogen-bond acceptors (Lipinski definition) is 3. The minimum Gasteiger partial charge on any atom is -0.497 e. The van der Waals surface area contributed by atoms with Crippen LogP contribution < -0.4 is 4.74 Å². The lowest BCUT2D eigenvalue weighted by Crippen LogP contribution is -2.40. The summed E-state index contributed by atoms with van der Waals surface area (Å²) in [6.45, 7) is 5.14. The van der Waals surface area contributed by atoms with Gasteiger partial charge in [-0.25, -0.2) is 0 Å². The third-order valence-electron chi connectivity index (χ3n) is 4.44. The molecule has 0 radical (unpaired) electrons. The van der Waals surface area contributed by atoms with Crippen LogP contribution in [0.2, 0.25) is 0 Å². The minimum absolute atomic E-state index is 0.193. The van der Waals surface area contributed by atoms with Crippen LogP contribution in [0.3, 0.4) is 0 Å². The lowest BCUT2D eigenvalue weighted by atomic mass is 9.78. The zero-order chi connectivity index (χ0) is 16.3. The standard InChI is InChI=1S/C19H24O3/c1-5-6-18(19(3,21)13(2)20)16-8-7-15-12-17(22-4)10-9-14(15)11-16/h7-12,18,21H,5-6H2,1-4H3. The Hall–Kier alpha value is -1.87. The minimum atomic E-state index is -1.34. The van der Waals surface area contributed by atoms with E-state index in [1.807, 2.05) is 30.3 Å². The summed E-state index contributed by atoms with van der Waals surface area (Å²) < 4.78 is 5.24. The summed E-state index contributed by atoms with van der Waals surface area (Å²) >= 11 is 0. The summed E-state index contributed by atoms with van der Waals surface area (Å²) in [6.07, 6.45) is 1.68. The van der Waals surface area contributed by atoms with E-state index in [0.717, 1.165) is 34.9 Å². The number of carbonyl (C=O) groups excluding carboxylic acids is 1. The third kappa shape index (κ3) is 3.14. The van der Waals surface area contributed by atoms with Crippen molar-refractivity contribution in [1.82, 2.24) is 0 Å². The molecule has 2 aromatic carbocycles. The second-order valence-electron chi connectivity index (χ2n) is 6.02. The van der Waals surface area contributed by atoms with Gasteiger partial charge >= 0.3 is 0 Å². The molecule has 1 N–H and O–H groups in total. The summed E-state index contributed by atoms with van der Waals surface area (Å²) in [4.78, 5) is 11.8. The maximum Gasteiger partial charge on any atom is 0.161 e. The number of aliphatic hydroxyl groups is 1. The van der Waals surface area contributed by atoms with E-state index in [-0.39, 0.29) is 11.7 Å². The molecule has 3 nitrogen and oxygen atoms in total. The van der Waals surface area contributed by atoms with E-state index >= 15 is 0 Å². The molecule has 0 aromatic heterocycles. The fourth-order valence-electron chi connectivity index (χ4n) is 2.89. The predicted octanol–water partition coefficient (Wildman–Crippen LogP) is 4.07. The first-order valence-corrected chi connectivity index (χ1v) is 7.71. The van der Waals surface area contributed by atoms with Gasteiger partial charge in [0.05, 0.1) is 7.11 Å². The average molecular weight is 300 g/mol. The highest BCUT2D eigenvalue weighted by atomic mass is 16.5. The lowest BCUT2D eigenvalue weighted by Gasteiger charge is -2.31. The summed E-state index contributed by atoms with van der Waals surface area (Å²) in [7, 11) is 1.65. The molecule has 0 fully saturated rings. The maximum absolute atomic E-state index is 11.8. The first kappa shape index (κ1) is 16.5. The molecule has 0 aliphatic heterocycles. The lowest BCUT2D eigenvalue weighted by molar-refractivity contribution is -0.135. The van der Waals surface area contributed by atoms with Crippen LogP contribution >= 0.6 is 0 Å². The number of Topliss-reactive ketones (excluding diaryl/α,β-unsaturated/α-hetero) is 1. The number of fused-ring (bicyclic) bond motifs is 1. The number of methoxy groups -OCH3 is 1. The van der Waals surface area contributed by atoms with Gasteiger partial charge in [0.15, 0.2) is 5.78 Å². The SMILES string of the molecule is CCCC(c1ccc2cc(OC)ccc2c1)C(C)(O)C(C)=O. The van der Waals surface area contributed by atoms with Crippen molar-refractivity contribution in [3.8, 4) is 5.75 Å². The predicted molar refractivity (Wildman–Crippen MR) is 89.5 cm³/mol. The fraction of sp³-hybridized carbons (Fsp3) is 0.421. The van der Waals surface area contributed by atoms with Crippen molar-refractivity contribution in [2.24, 2.45) is 0 Å². The highest BCUT2D eigenvalue weighted by molar-refractivity contribution is 5.87. The van der Waals surface area contributed by atoms with Crippen LogP contribution in [0.4, 0.5) is 0 Å². The van der Waals surface area contributed by atoms with Gasteiger partial charge in [-0.3, -0.25) is 4.79 Å². The molecule has 2 unspecified atom stereocenters. The van der Waals surface area contributed by atoms with Crippen molar-refractivity contribution in [3.05, 3.63) is 42.0 Å². The first-order valence-electron chi connectivity index (χ1n) is 7.71. The van der Waals surface area contributed by atoms with Gasteiger partial charge in [-0.15, -0.1) is 0 Å². The Labute approximate surface area is 131 Å². The van der Waals surface area contributed by atoms with Gasteiger partial charge in [0.2, 0.25) is 0 Å². The van der Waals surface area contributed by atoms with Crippen LogP contribution in [0.25, 0.3) is 10.8 Å². The molecule has 118 valence electrons. The molecule has 0 spiro atoms. The zero-order valence-electron chi connectivity index (χ0n) is 13.7. The van der Waals surface area contributed by atoms with Crippen LogP contribution in [-0.2, 0) is 4.79 Å². The van der Waals surface area contributed by atoms with Crippen LogP contribution in [0.1, 0.15) is 45.1 Å². The van der Waals surface area contributed by atoms with Gasteiger partial charge in [0.25, 0.3) is 0 Å². The Morgan fingerprint density at radius 2 is 1.86 bits per heavy atom. The van der Waals surface area contributed by atoms with Gasteiger partial charge in [-0.2, -0.15) is 0 Å². The van der Waals surface area contributed by atoms with Crippen LogP contribution in [-0.4, -0.2) is 23.6 Å². The Morgan fingerprint density at radius 3 is 2.45 bits per heavy atom. The highest BCUT2D eigenvalue weighted by Crippen LogP contribution is 2.35. The molecule has 0 aliphatic rings. The monoisotopic (exact) mass is 300 g/mol. The van der Waals surface area contributed by atoms with Gasteiger partial charge in [0.1, 0.15) is 11.4 Å². The highest BCUT2D eigenvalue weighted by Gasteiger charge is 2.36. The second-order valence-corrected chi connectivity index (χ2v) is 6.02. The summed E-state index contributed by atoms with van der Waals surface area (Å²) in [5.74, 6) is 0.434. The molecule has 2 atom stereocenters. The molecule has 22 heavy (non-hydrogen) atoms. The topological polar surface area (TPSA) is 46.5 Å². The number of carbonyl (C=O) groups is 1. The molecular formula is C19H24O3. The second kappa shape index (κ2) is 6.49. The zero-order valence-corrected chi connectivity index (χ0v) is 13.7. The van der Waals surface area contributed by atoms with Gasteiger partial charge < -0.3 is 9.84 Å². The molecule has 0 saturated heterocycles. The number of rotatable bonds is 6. The number of ether oxygens (including phenoxy) is 1. The van der Waals surface area contributed by atoms with E-state index in [4.69, 9.17) is 4.74 Å². The molecular weight excluding hydrogens is 276 g/mol. The summed E-state index contributed by atoms with van der Waals surface area (Å²) in [6, 6.07) is 12.0. The molecule has 0 saturated carbocycles. The largest absolute Gasteiger partial charge is 0.497 e. The molecule has 3 heteroatoms. The number of hydrogen-bond donors (Lipinski definition) is 1. The number of benzene rings is 2. The van der Waals surface area contributed by atoms with Crippen molar-refractivity contribution in [3.63, 3.8) is 0 Å². The quantitative estimate of drug-likeness (QED) is 0.874. The van der Waals surface area contributed by atoms with Crippen molar-refractivity contribution in [2.75, 3.05) is 7.11 Å². The van der Waals surface area contributed by atoms with E-state index in [9.17, 15) is 9.90 Å². The Morgan fingerprint density at radius 1 is 1.23 bits per heavy atom. The smallest absolute Gasteiger partial charge is 0.161 e. The third-order valence-corrected chi connectivity index (χ3v) is 4.44. The van der Waals surface area contributed by atoms with Crippen LogP contribution in [0.15, 0.2) is 36.4 Å². The fourth-order valence-corrected chi connectivity index (χ4v) is 2.89. The molecule has 0 aliphatic carbocycles. The van der Waals surface area contributed by atoms with Crippen molar-refractivity contribution in [1.29, 1.82) is 0 Å². The molecule has 2 aromatic rings. The maximum atomic E-state index is 11.8. The van der Waals surface area contributed by atoms with Crippen molar-refractivity contribution >= 4 is 16.6 Å². The molecule has 2 rings (SSSR count). The van der Waals surface area contributed by atoms with E-state index in [1.165, 1.54) is 6.92 Å².